The van der Waals surface area contributed by atoms with E-state index < -0.39 is 16.0 Å². The van der Waals surface area contributed by atoms with Crippen molar-refractivity contribution in [3.63, 3.8) is 0 Å². The lowest BCUT2D eigenvalue weighted by Crippen LogP contribution is -2.35. The van der Waals surface area contributed by atoms with E-state index >= 15 is 0 Å². The van der Waals surface area contributed by atoms with Crippen LogP contribution in [0.5, 0.6) is 5.75 Å². The second kappa shape index (κ2) is 7.68. The molecule has 0 N–H and O–H groups in total. The van der Waals surface area contributed by atoms with Crippen molar-refractivity contribution in [1.29, 1.82) is 5.26 Å². The standard InChI is InChI=1S/C19H18N2O4S/c20-14-15-4-8-17(9-5-15)25-19(22)16-6-10-18(11-7-16)26(23,24)21-12-2-1-3-13-21/h4-11H,1-3,12-13H2. The highest BCUT2D eigenvalue weighted by Crippen LogP contribution is 2.21. The number of nitriles is 1. The molecule has 0 aliphatic carbocycles. The third-order valence-electron chi connectivity index (χ3n) is 4.24. The summed E-state index contributed by atoms with van der Waals surface area (Å²) >= 11 is 0. The molecule has 1 fully saturated rings. The predicted molar refractivity (Wildman–Crippen MR) is 95.2 cm³/mol. The summed E-state index contributed by atoms with van der Waals surface area (Å²) < 4.78 is 31.9. The Balaban J connectivity index is 1.72. The maximum Gasteiger partial charge on any atom is 0.343 e. The molecule has 134 valence electrons. The van der Waals surface area contributed by atoms with Crippen LogP contribution in [0.4, 0.5) is 0 Å². The number of rotatable bonds is 4. The lowest BCUT2D eigenvalue weighted by molar-refractivity contribution is 0.0734. The molecule has 0 spiro atoms. The summed E-state index contributed by atoms with van der Waals surface area (Å²) in [5.41, 5.74) is 0.726. The van der Waals surface area contributed by atoms with Gasteiger partial charge in [0.25, 0.3) is 0 Å². The molecule has 0 amide bonds. The topological polar surface area (TPSA) is 87.5 Å². The summed E-state index contributed by atoms with van der Waals surface area (Å²) in [5.74, 6) is -0.268. The van der Waals surface area contributed by atoms with E-state index in [2.05, 4.69) is 0 Å². The van der Waals surface area contributed by atoms with Crippen LogP contribution in [0.2, 0.25) is 0 Å². The maximum atomic E-state index is 12.6. The van der Waals surface area contributed by atoms with Gasteiger partial charge >= 0.3 is 5.97 Å². The highest BCUT2D eigenvalue weighted by atomic mass is 32.2. The molecule has 0 atom stereocenters. The van der Waals surface area contributed by atoms with Crippen LogP contribution < -0.4 is 4.74 Å². The second-order valence-corrected chi connectivity index (χ2v) is 7.95. The number of carbonyl (C=O) groups excluding carboxylic acids is 1. The van der Waals surface area contributed by atoms with Crippen molar-refractivity contribution in [2.24, 2.45) is 0 Å². The average molecular weight is 370 g/mol. The lowest BCUT2D eigenvalue weighted by Gasteiger charge is -2.25. The van der Waals surface area contributed by atoms with Crippen molar-refractivity contribution in [3.8, 4) is 11.8 Å². The number of carbonyl (C=O) groups is 1. The second-order valence-electron chi connectivity index (χ2n) is 6.01. The van der Waals surface area contributed by atoms with E-state index in [-0.39, 0.29) is 10.5 Å². The molecule has 0 unspecified atom stereocenters. The van der Waals surface area contributed by atoms with E-state index in [1.54, 1.807) is 12.1 Å². The first-order chi connectivity index (χ1) is 12.5. The number of hydrogen-bond acceptors (Lipinski definition) is 5. The van der Waals surface area contributed by atoms with Crippen LogP contribution in [-0.2, 0) is 10.0 Å². The number of ether oxygens (including phenoxy) is 1. The fourth-order valence-electron chi connectivity index (χ4n) is 2.78. The third-order valence-corrected chi connectivity index (χ3v) is 6.15. The van der Waals surface area contributed by atoms with Gasteiger partial charge in [-0.1, -0.05) is 6.42 Å². The third kappa shape index (κ3) is 3.93. The lowest BCUT2D eigenvalue weighted by atomic mass is 10.2. The van der Waals surface area contributed by atoms with Gasteiger partial charge in [-0.25, -0.2) is 13.2 Å². The van der Waals surface area contributed by atoms with Gasteiger partial charge in [-0.05, 0) is 61.4 Å². The number of hydrogen-bond donors (Lipinski definition) is 0. The molecule has 1 heterocycles. The number of benzene rings is 2. The highest BCUT2D eigenvalue weighted by molar-refractivity contribution is 7.89. The Bertz CT molecular complexity index is 923. The van der Waals surface area contributed by atoms with Crippen molar-refractivity contribution in [1.82, 2.24) is 4.31 Å². The maximum absolute atomic E-state index is 12.6. The number of esters is 1. The van der Waals surface area contributed by atoms with E-state index in [1.807, 2.05) is 6.07 Å². The number of nitrogens with zero attached hydrogens (tertiary/aromatic N) is 2. The first kappa shape index (κ1) is 18.1. The van der Waals surface area contributed by atoms with E-state index in [0.29, 0.717) is 24.4 Å². The van der Waals surface area contributed by atoms with Crippen molar-refractivity contribution < 1.29 is 17.9 Å². The highest BCUT2D eigenvalue weighted by Gasteiger charge is 2.26. The summed E-state index contributed by atoms with van der Waals surface area (Å²) in [6, 6.07) is 13.9. The zero-order valence-electron chi connectivity index (χ0n) is 14.1. The van der Waals surface area contributed by atoms with Gasteiger partial charge in [0.2, 0.25) is 10.0 Å². The Hall–Kier alpha value is -2.69. The van der Waals surface area contributed by atoms with Crippen molar-refractivity contribution in [3.05, 3.63) is 59.7 Å². The minimum atomic E-state index is -3.52. The van der Waals surface area contributed by atoms with Gasteiger partial charge in [0, 0.05) is 13.1 Å². The smallest absolute Gasteiger partial charge is 0.343 e. The zero-order valence-corrected chi connectivity index (χ0v) is 14.9. The van der Waals surface area contributed by atoms with Crippen LogP contribution in [-0.4, -0.2) is 31.8 Å². The van der Waals surface area contributed by atoms with Crippen molar-refractivity contribution in [2.75, 3.05) is 13.1 Å². The molecule has 7 heteroatoms. The van der Waals surface area contributed by atoms with Crippen molar-refractivity contribution in [2.45, 2.75) is 24.2 Å². The minimum absolute atomic E-state index is 0.175. The van der Waals surface area contributed by atoms with Gasteiger partial charge in [-0.3, -0.25) is 0 Å². The molecule has 0 saturated carbocycles. The monoisotopic (exact) mass is 370 g/mol. The summed E-state index contributed by atoms with van der Waals surface area (Å²) in [6.45, 7) is 1.07. The summed E-state index contributed by atoms with van der Waals surface area (Å²) in [5, 5.41) is 8.76. The summed E-state index contributed by atoms with van der Waals surface area (Å²) in [7, 11) is -3.52. The van der Waals surface area contributed by atoms with E-state index in [0.717, 1.165) is 19.3 Å². The largest absolute Gasteiger partial charge is 0.423 e. The molecule has 0 aromatic heterocycles. The van der Waals surface area contributed by atoms with Gasteiger partial charge in [0.1, 0.15) is 5.75 Å². The molecule has 1 saturated heterocycles. The SMILES string of the molecule is N#Cc1ccc(OC(=O)c2ccc(S(=O)(=O)N3CCCCC3)cc2)cc1. The molecule has 26 heavy (non-hydrogen) atoms. The quantitative estimate of drug-likeness (QED) is 0.610. The fraction of sp³-hybridized carbons (Fsp3) is 0.263. The Morgan fingerprint density at radius 2 is 1.58 bits per heavy atom. The number of piperidine rings is 1. The summed E-state index contributed by atoms with van der Waals surface area (Å²) in [4.78, 5) is 12.4. The van der Waals surface area contributed by atoms with Crippen LogP contribution >= 0.6 is 0 Å². The molecular formula is C19H18N2O4S. The zero-order chi connectivity index (χ0) is 18.6. The molecule has 0 radical (unpaired) electrons. The molecule has 6 nitrogen and oxygen atoms in total. The first-order valence-corrected chi connectivity index (χ1v) is 9.77. The molecule has 2 aromatic carbocycles. The van der Waals surface area contributed by atoms with E-state index in [4.69, 9.17) is 10.00 Å². The van der Waals surface area contributed by atoms with Gasteiger partial charge < -0.3 is 4.74 Å². The minimum Gasteiger partial charge on any atom is -0.423 e. The van der Waals surface area contributed by atoms with E-state index in [1.165, 1.54) is 40.7 Å². The van der Waals surface area contributed by atoms with Gasteiger partial charge in [-0.15, -0.1) is 0 Å². The van der Waals surface area contributed by atoms with Gasteiger partial charge in [0.15, 0.2) is 0 Å². The Morgan fingerprint density at radius 3 is 2.15 bits per heavy atom. The Morgan fingerprint density at radius 1 is 0.962 bits per heavy atom. The van der Waals surface area contributed by atoms with Crippen LogP contribution in [0.3, 0.4) is 0 Å². The molecule has 3 rings (SSSR count). The Labute approximate surface area is 152 Å². The summed E-state index contributed by atoms with van der Waals surface area (Å²) in [6.07, 6.45) is 2.79. The van der Waals surface area contributed by atoms with Crippen LogP contribution in [0.25, 0.3) is 0 Å². The fourth-order valence-corrected chi connectivity index (χ4v) is 4.30. The molecule has 1 aliphatic heterocycles. The van der Waals surface area contributed by atoms with Crippen molar-refractivity contribution >= 4 is 16.0 Å². The van der Waals surface area contributed by atoms with E-state index in [9.17, 15) is 13.2 Å². The van der Waals surface area contributed by atoms with Crippen LogP contribution in [0, 0.1) is 11.3 Å². The predicted octanol–water partition coefficient (Wildman–Crippen LogP) is 2.95. The molecular weight excluding hydrogens is 352 g/mol. The normalized spacial score (nSPS) is 15.2. The first-order valence-electron chi connectivity index (χ1n) is 8.33. The number of sulfonamides is 1. The van der Waals surface area contributed by atoms with Gasteiger partial charge in [0.05, 0.1) is 22.1 Å². The molecule has 1 aliphatic rings. The molecule has 0 bridgehead atoms. The molecule has 2 aromatic rings. The van der Waals surface area contributed by atoms with Gasteiger partial charge in [-0.2, -0.15) is 9.57 Å². The average Bonchev–Trinajstić information content (AvgIpc) is 2.69. The van der Waals surface area contributed by atoms with Crippen LogP contribution in [0.1, 0.15) is 35.2 Å². The Kier molecular flexibility index (Phi) is 5.35. The van der Waals surface area contributed by atoms with Crippen LogP contribution in [0.15, 0.2) is 53.4 Å².